The first-order valence-electron chi connectivity index (χ1n) is 17.2. The number of aromatic amines is 2. The van der Waals surface area contributed by atoms with Crippen LogP contribution in [0, 0.1) is 13.8 Å². The zero-order chi connectivity index (χ0) is 36.2. The van der Waals surface area contributed by atoms with Crippen LogP contribution in [0.25, 0.3) is 89.8 Å². The van der Waals surface area contributed by atoms with Crippen LogP contribution in [0.15, 0.2) is 126 Å². The summed E-state index contributed by atoms with van der Waals surface area (Å²) in [6, 6.07) is 39.9. The monoisotopic (exact) mass is 712 g/mol. The fraction of sp³-hybridized carbons (Fsp3) is 0.0682. The Balaban J connectivity index is 1.47. The summed E-state index contributed by atoms with van der Waals surface area (Å²) in [5.41, 5.74) is 14.3. The Morgan fingerprint density at radius 2 is 1.04 bits per heavy atom. The number of H-pyrrole nitrogens is 2. The van der Waals surface area contributed by atoms with Gasteiger partial charge in [-0.3, -0.25) is 0 Å². The first-order valence-corrected chi connectivity index (χ1v) is 18.4. The number of methoxy groups -OCH3 is 1. The first-order chi connectivity index (χ1) is 25.8. The highest BCUT2D eigenvalue weighted by molar-refractivity contribution is 7.29. The molecule has 0 unspecified atom stereocenters. The smallest absolute Gasteiger partial charge is 0.431 e. The molecule has 6 heterocycles. The molecule has 8 aromatic rings. The number of hydrogen-bond donors (Lipinski definition) is 2. The van der Waals surface area contributed by atoms with E-state index in [0.29, 0.717) is 44.7 Å². The lowest BCUT2D eigenvalue weighted by atomic mass is 10.0. The van der Waals surface area contributed by atoms with Gasteiger partial charge in [-0.25, -0.2) is 18.5 Å². The van der Waals surface area contributed by atoms with Crippen LogP contribution >= 0.6 is 7.83 Å². The van der Waals surface area contributed by atoms with Gasteiger partial charge in [-0.2, -0.15) is 0 Å². The van der Waals surface area contributed by atoms with Crippen LogP contribution in [-0.2, 0) is 9.13 Å². The third kappa shape index (κ3) is 5.70. The van der Waals surface area contributed by atoms with E-state index in [4.69, 9.17) is 14.1 Å². The van der Waals surface area contributed by atoms with Gasteiger partial charge in [0.2, 0.25) is 0 Å². The second-order valence-corrected chi connectivity index (χ2v) is 14.1. The number of nitrogens with zero attached hydrogens (tertiary/aromatic N) is 2. The molecule has 1 aliphatic rings. The maximum absolute atomic E-state index is 13.2. The van der Waals surface area contributed by atoms with Crippen LogP contribution in [-0.4, -0.2) is 26.4 Å². The minimum atomic E-state index is -3.10. The molecule has 9 heteroatoms. The van der Waals surface area contributed by atoms with Gasteiger partial charge in [-0.15, -0.1) is 0 Å². The Hall–Kier alpha value is -6.63. The van der Waals surface area contributed by atoms with Crippen molar-refractivity contribution in [2.75, 3.05) is 7.11 Å². The second-order valence-electron chi connectivity index (χ2n) is 13.2. The van der Waals surface area contributed by atoms with Crippen LogP contribution in [0.5, 0.6) is 5.75 Å². The standard InChI is InChI=1S/C44H33N4O4P/c1-26-4-8-29(9-5-26)43-36-20-17-33(46-36)32-16-19-35(45-32)42(28-12-14-31(51-3)15-13-28)39-23-22-38(48(39)53(49)50)34-18-21-37(47-34)44(41-25-24-40(43)52-41)30-10-6-27(2)7-11-30/h4-25,46-47H,1-3H3. The van der Waals surface area contributed by atoms with E-state index >= 15 is 0 Å². The van der Waals surface area contributed by atoms with Gasteiger partial charge in [0.15, 0.2) is 0 Å². The first kappa shape index (κ1) is 32.3. The highest BCUT2D eigenvalue weighted by Crippen LogP contribution is 2.38. The number of hydrogen-bond acceptors (Lipinski definition) is 5. The molecule has 0 spiro atoms. The summed E-state index contributed by atoms with van der Waals surface area (Å²) in [5, 5.41) is 0. The van der Waals surface area contributed by atoms with Gasteiger partial charge in [-0.05, 0) is 103 Å². The molecule has 258 valence electrons. The molecule has 3 aromatic carbocycles. The lowest BCUT2D eigenvalue weighted by Gasteiger charge is -2.07. The Morgan fingerprint density at radius 3 is 1.62 bits per heavy atom. The van der Waals surface area contributed by atoms with Crippen molar-refractivity contribution < 1.29 is 18.3 Å². The van der Waals surface area contributed by atoms with E-state index in [-0.39, 0.29) is 0 Å². The summed E-state index contributed by atoms with van der Waals surface area (Å²) in [5.74, 6) is 0.693. The minimum absolute atomic E-state index is 0.490. The minimum Gasteiger partial charge on any atom is -0.497 e. The average molecular weight is 713 g/mol. The molecule has 8 nitrogen and oxygen atoms in total. The Labute approximate surface area is 304 Å². The molecule has 10 bridgehead atoms. The third-order valence-corrected chi connectivity index (χ3v) is 10.5. The second kappa shape index (κ2) is 12.9. The number of ether oxygens (including phenoxy) is 1. The number of aryl methyl sites for hydroxylation is 2. The molecule has 0 saturated carbocycles. The number of benzene rings is 3. The van der Waals surface area contributed by atoms with Crippen molar-refractivity contribution in [1.82, 2.24) is 19.3 Å². The van der Waals surface area contributed by atoms with Crippen molar-refractivity contribution in [1.29, 1.82) is 0 Å². The normalized spacial score (nSPS) is 11.8. The summed E-state index contributed by atoms with van der Waals surface area (Å²) in [6.45, 7) is 4.13. The molecule has 1 aliphatic heterocycles. The van der Waals surface area contributed by atoms with Gasteiger partial charge in [-0.1, -0.05) is 71.8 Å². The van der Waals surface area contributed by atoms with Crippen LogP contribution in [0.1, 0.15) is 22.5 Å². The summed E-state index contributed by atoms with van der Waals surface area (Å²) in [7, 11) is -1.48. The molecule has 0 fully saturated rings. The van der Waals surface area contributed by atoms with E-state index in [1.807, 2.05) is 84.9 Å². The maximum atomic E-state index is 13.2. The number of furan rings is 1. The van der Waals surface area contributed by atoms with E-state index in [2.05, 4.69) is 72.3 Å². The van der Waals surface area contributed by atoms with E-state index in [1.165, 1.54) is 4.34 Å². The molecule has 9 rings (SSSR count). The summed E-state index contributed by atoms with van der Waals surface area (Å²) >= 11 is 0. The number of fused-ring (bicyclic) bond motifs is 12. The van der Waals surface area contributed by atoms with E-state index in [9.17, 15) is 9.13 Å². The Bertz CT molecular complexity index is 2970. The van der Waals surface area contributed by atoms with E-state index in [0.717, 1.165) is 61.2 Å². The Morgan fingerprint density at radius 1 is 0.547 bits per heavy atom. The predicted octanol–water partition coefficient (Wildman–Crippen LogP) is 12.0. The van der Waals surface area contributed by atoms with Crippen LogP contribution < -0.4 is 4.74 Å². The largest absolute Gasteiger partial charge is 0.497 e. The van der Waals surface area contributed by atoms with E-state index < -0.39 is 7.83 Å². The molecule has 0 atom stereocenters. The molecule has 2 N–H and O–H groups in total. The lowest BCUT2D eigenvalue weighted by molar-refractivity contribution is 0.415. The Kier molecular flexibility index (Phi) is 7.83. The van der Waals surface area contributed by atoms with Crippen LogP contribution in [0.4, 0.5) is 0 Å². The SMILES string of the molecule is COc1ccc(-c2c3nc(c4ccc([nH]4)c(-c4ccc(C)cc4)c4ccc(o4)c(-c4ccc(C)cc4)c4ccc([nH]4)c4ccc2n4P(=O)=O)C=C3)cc1. The summed E-state index contributed by atoms with van der Waals surface area (Å²) < 4.78 is 40.1. The predicted molar refractivity (Wildman–Crippen MR) is 213 cm³/mol. The molecular formula is C44H33N4O4P. The van der Waals surface area contributed by atoms with Crippen molar-refractivity contribution in [3.8, 4) is 39.1 Å². The van der Waals surface area contributed by atoms with Crippen molar-refractivity contribution in [3.63, 3.8) is 0 Å². The number of nitrogens with one attached hydrogen (secondary N) is 2. The third-order valence-electron chi connectivity index (χ3n) is 9.79. The van der Waals surface area contributed by atoms with Crippen LogP contribution in [0.2, 0.25) is 0 Å². The van der Waals surface area contributed by atoms with Gasteiger partial charge in [0.25, 0.3) is 0 Å². The molecule has 0 amide bonds. The van der Waals surface area contributed by atoms with Crippen molar-refractivity contribution >= 4 is 64.2 Å². The zero-order valence-corrected chi connectivity index (χ0v) is 30.1. The fourth-order valence-corrected chi connectivity index (χ4v) is 7.82. The van der Waals surface area contributed by atoms with Gasteiger partial charge in [0, 0.05) is 16.7 Å². The molecule has 0 saturated heterocycles. The fourth-order valence-electron chi connectivity index (χ4n) is 7.12. The average Bonchev–Trinajstić information content (AvgIpc) is 4.01. The van der Waals surface area contributed by atoms with Gasteiger partial charge in [0.1, 0.15) is 16.9 Å². The zero-order valence-electron chi connectivity index (χ0n) is 29.2. The van der Waals surface area contributed by atoms with Crippen molar-refractivity contribution in [2.45, 2.75) is 13.8 Å². The molecule has 0 radical (unpaired) electrons. The number of aromatic nitrogens is 4. The molecular weight excluding hydrogens is 679 g/mol. The quantitative estimate of drug-likeness (QED) is 0.173. The highest BCUT2D eigenvalue weighted by atomic mass is 31.1. The highest BCUT2D eigenvalue weighted by Gasteiger charge is 2.18. The van der Waals surface area contributed by atoms with Gasteiger partial charge >= 0.3 is 7.83 Å². The van der Waals surface area contributed by atoms with Gasteiger partial charge in [0.05, 0.1) is 51.6 Å². The van der Waals surface area contributed by atoms with E-state index in [1.54, 1.807) is 7.11 Å². The maximum Gasteiger partial charge on any atom is 0.431 e. The summed E-state index contributed by atoms with van der Waals surface area (Å²) in [4.78, 5) is 12.3. The topological polar surface area (TPSA) is 106 Å². The number of rotatable bonds is 5. The molecule has 53 heavy (non-hydrogen) atoms. The van der Waals surface area contributed by atoms with Gasteiger partial charge < -0.3 is 19.1 Å². The van der Waals surface area contributed by atoms with Crippen molar-refractivity contribution in [2.24, 2.45) is 0 Å². The molecule has 5 aromatic heterocycles. The van der Waals surface area contributed by atoms with Crippen LogP contribution in [0.3, 0.4) is 0 Å². The summed E-state index contributed by atoms with van der Waals surface area (Å²) in [6.07, 6.45) is 3.88. The lowest BCUT2D eigenvalue weighted by Crippen LogP contribution is -1.90. The molecule has 0 aliphatic carbocycles. The van der Waals surface area contributed by atoms with Crippen molar-refractivity contribution in [3.05, 3.63) is 144 Å².